The van der Waals surface area contributed by atoms with Gasteiger partial charge < -0.3 is 14.7 Å². The lowest BCUT2D eigenvalue weighted by Crippen LogP contribution is -2.56. The molecule has 1 amide bonds. The number of rotatable bonds is 2. The molecule has 0 radical (unpaired) electrons. The molecule has 96 valence electrons. The summed E-state index contributed by atoms with van der Waals surface area (Å²) in [5, 5.41) is 9.10. The molecule has 0 spiro atoms. The predicted octanol–water partition coefficient (Wildman–Crippen LogP) is 0.877. The maximum atomic E-state index is 12.3. The van der Waals surface area contributed by atoms with Crippen LogP contribution in [-0.2, 0) is 14.3 Å². The van der Waals surface area contributed by atoms with Gasteiger partial charge in [-0.1, -0.05) is 0 Å². The lowest BCUT2D eigenvalue weighted by Gasteiger charge is -2.40. The maximum Gasteiger partial charge on any atom is 0.318 e. The Morgan fingerprint density at radius 1 is 1.35 bits per heavy atom. The number of carbonyl (C=O) groups is 2. The first-order chi connectivity index (χ1) is 7.94. The quantitative estimate of drug-likeness (QED) is 0.729. The van der Waals surface area contributed by atoms with Gasteiger partial charge >= 0.3 is 5.97 Å². The average Bonchev–Trinajstić information content (AvgIpc) is 2.75. The molecule has 1 saturated carbocycles. The molecule has 1 N–H and O–H groups in total. The normalized spacial score (nSPS) is 28.9. The Morgan fingerprint density at radius 3 is 2.71 bits per heavy atom. The van der Waals surface area contributed by atoms with Crippen molar-refractivity contribution < 1.29 is 19.4 Å². The van der Waals surface area contributed by atoms with Gasteiger partial charge in [0.25, 0.3) is 0 Å². The number of carbonyl (C=O) groups excluding carboxylic acids is 1. The standard InChI is InChI=1S/C12H19NO4/c1-12(2,11(15)16)10(14)13-6-7-17-9-5-3-4-8(9)13/h8-9H,3-7H2,1-2H3,(H,15,16). The molecule has 2 fully saturated rings. The maximum absolute atomic E-state index is 12.3. The number of nitrogens with zero attached hydrogens (tertiary/aromatic N) is 1. The van der Waals surface area contributed by atoms with E-state index in [1.807, 2.05) is 0 Å². The van der Waals surface area contributed by atoms with Gasteiger partial charge in [-0.25, -0.2) is 0 Å². The van der Waals surface area contributed by atoms with Gasteiger partial charge in [0.15, 0.2) is 0 Å². The Morgan fingerprint density at radius 2 is 2.06 bits per heavy atom. The average molecular weight is 241 g/mol. The Balaban J connectivity index is 2.16. The summed E-state index contributed by atoms with van der Waals surface area (Å²) in [5.74, 6) is -1.35. The third kappa shape index (κ3) is 2.04. The highest BCUT2D eigenvalue weighted by Gasteiger charge is 2.45. The second kappa shape index (κ2) is 4.29. The van der Waals surface area contributed by atoms with Crippen LogP contribution in [-0.4, -0.2) is 47.2 Å². The minimum atomic E-state index is -1.34. The molecule has 2 atom stereocenters. The van der Waals surface area contributed by atoms with Gasteiger partial charge in [-0.05, 0) is 33.1 Å². The van der Waals surface area contributed by atoms with Gasteiger partial charge in [0.1, 0.15) is 5.41 Å². The summed E-state index contributed by atoms with van der Waals surface area (Å²) in [7, 11) is 0. The van der Waals surface area contributed by atoms with Crippen LogP contribution in [0.2, 0.25) is 0 Å². The topological polar surface area (TPSA) is 66.8 Å². The molecule has 0 aromatic rings. The first-order valence-electron chi connectivity index (χ1n) is 6.10. The Labute approximate surface area is 101 Å². The van der Waals surface area contributed by atoms with Crippen LogP contribution < -0.4 is 0 Å². The van der Waals surface area contributed by atoms with Gasteiger partial charge in [-0.3, -0.25) is 9.59 Å². The molecule has 5 nitrogen and oxygen atoms in total. The predicted molar refractivity (Wildman–Crippen MR) is 60.5 cm³/mol. The zero-order valence-electron chi connectivity index (χ0n) is 10.3. The van der Waals surface area contributed by atoms with Crippen molar-refractivity contribution >= 4 is 11.9 Å². The molecule has 1 heterocycles. The van der Waals surface area contributed by atoms with E-state index in [0.717, 1.165) is 19.3 Å². The summed E-state index contributed by atoms with van der Waals surface area (Å²) >= 11 is 0. The molecular formula is C12H19NO4. The smallest absolute Gasteiger partial charge is 0.318 e. The SMILES string of the molecule is CC(C)(C(=O)O)C(=O)N1CCOC2CCCC21. The number of hydrogen-bond acceptors (Lipinski definition) is 3. The largest absolute Gasteiger partial charge is 0.480 e. The molecule has 0 bridgehead atoms. The first kappa shape index (κ1) is 12.4. The van der Waals surface area contributed by atoms with Crippen molar-refractivity contribution in [2.75, 3.05) is 13.2 Å². The summed E-state index contributed by atoms with van der Waals surface area (Å²) < 4.78 is 5.61. The molecular weight excluding hydrogens is 222 g/mol. The molecule has 5 heteroatoms. The van der Waals surface area contributed by atoms with Crippen molar-refractivity contribution in [1.29, 1.82) is 0 Å². The number of aliphatic carboxylic acids is 1. The van der Waals surface area contributed by atoms with Crippen molar-refractivity contribution in [3.63, 3.8) is 0 Å². The van der Waals surface area contributed by atoms with Crippen molar-refractivity contribution in [3.05, 3.63) is 0 Å². The van der Waals surface area contributed by atoms with Crippen LogP contribution in [0.5, 0.6) is 0 Å². The van der Waals surface area contributed by atoms with Crippen molar-refractivity contribution in [2.24, 2.45) is 5.41 Å². The monoisotopic (exact) mass is 241 g/mol. The molecule has 2 rings (SSSR count). The zero-order valence-corrected chi connectivity index (χ0v) is 10.3. The molecule has 2 aliphatic rings. The minimum Gasteiger partial charge on any atom is -0.480 e. The third-order valence-electron chi connectivity index (χ3n) is 3.81. The van der Waals surface area contributed by atoms with Gasteiger partial charge in [-0.2, -0.15) is 0 Å². The highest BCUT2D eigenvalue weighted by molar-refractivity contribution is 6.01. The molecule has 0 aromatic heterocycles. The van der Waals surface area contributed by atoms with E-state index in [0.29, 0.717) is 13.2 Å². The van der Waals surface area contributed by atoms with Gasteiger partial charge in [-0.15, -0.1) is 0 Å². The van der Waals surface area contributed by atoms with E-state index in [1.54, 1.807) is 4.90 Å². The molecule has 17 heavy (non-hydrogen) atoms. The Hall–Kier alpha value is -1.10. The number of carboxylic acid groups (broad SMARTS) is 1. The zero-order chi connectivity index (χ0) is 12.6. The van der Waals surface area contributed by atoms with E-state index < -0.39 is 11.4 Å². The second-order valence-corrected chi connectivity index (χ2v) is 5.34. The summed E-state index contributed by atoms with van der Waals surface area (Å²) in [6.45, 7) is 3.97. The number of amides is 1. The van der Waals surface area contributed by atoms with Gasteiger partial charge in [0.2, 0.25) is 5.91 Å². The van der Waals surface area contributed by atoms with Crippen LogP contribution in [0, 0.1) is 5.41 Å². The molecule has 1 aliphatic carbocycles. The van der Waals surface area contributed by atoms with E-state index >= 15 is 0 Å². The van der Waals surface area contributed by atoms with E-state index in [4.69, 9.17) is 9.84 Å². The molecule has 2 unspecified atom stereocenters. The number of ether oxygens (including phenoxy) is 1. The fourth-order valence-corrected chi connectivity index (χ4v) is 2.63. The van der Waals surface area contributed by atoms with Crippen LogP contribution in [0.3, 0.4) is 0 Å². The van der Waals surface area contributed by atoms with E-state index in [1.165, 1.54) is 13.8 Å². The van der Waals surface area contributed by atoms with Crippen LogP contribution in [0.25, 0.3) is 0 Å². The Bertz CT molecular complexity index is 339. The minimum absolute atomic E-state index is 0.0786. The number of fused-ring (bicyclic) bond motifs is 1. The Kier molecular flexibility index (Phi) is 3.12. The molecule has 0 aromatic carbocycles. The summed E-state index contributed by atoms with van der Waals surface area (Å²) in [4.78, 5) is 25.1. The lowest BCUT2D eigenvalue weighted by atomic mass is 9.90. The number of morpholine rings is 1. The van der Waals surface area contributed by atoms with Crippen LogP contribution in [0.15, 0.2) is 0 Å². The van der Waals surface area contributed by atoms with Crippen molar-refractivity contribution in [3.8, 4) is 0 Å². The first-order valence-corrected chi connectivity index (χ1v) is 6.10. The second-order valence-electron chi connectivity index (χ2n) is 5.34. The highest BCUT2D eigenvalue weighted by atomic mass is 16.5. The van der Waals surface area contributed by atoms with Gasteiger partial charge in [0.05, 0.1) is 18.8 Å². The van der Waals surface area contributed by atoms with Crippen molar-refractivity contribution in [2.45, 2.75) is 45.3 Å². The number of carboxylic acids is 1. The van der Waals surface area contributed by atoms with E-state index in [9.17, 15) is 9.59 Å². The summed E-state index contributed by atoms with van der Waals surface area (Å²) in [6.07, 6.45) is 3.05. The van der Waals surface area contributed by atoms with E-state index in [-0.39, 0.29) is 18.1 Å². The lowest BCUT2D eigenvalue weighted by molar-refractivity contribution is -0.165. The summed E-state index contributed by atoms with van der Waals surface area (Å²) in [6, 6.07) is 0.0786. The highest BCUT2D eigenvalue weighted by Crippen LogP contribution is 2.32. The fraction of sp³-hybridized carbons (Fsp3) is 0.833. The number of hydrogen-bond donors (Lipinski definition) is 1. The van der Waals surface area contributed by atoms with Crippen LogP contribution in [0.4, 0.5) is 0 Å². The van der Waals surface area contributed by atoms with E-state index in [2.05, 4.69) is 0 Å². The van der Waals surface area contributed by atoms with Gasteiger partial charge in [0, 0.05) is 6.54 Å². The molecule has 1 aliphatic heterocycles. The third-order valence-corrected chi connectivity index (χ3v) is 3.81. The fourth-order valence-electron chi connectivity index (χ4n) is 2.63. The van der Waals surface area contributed by atoms with Crippen LogP contribution in [0.1, 0.15) is 33.1 Å². The van der Waals surface area contributed by atoms with Crippen LogP contribution >= 0.6 is 0 Å². The molecule has 1 saturated heterocycles. The van der Waals surface area contributed by atoms with Crippen molar-refractivity contribution in [1.82, 2.24) is 4.90 Å². The summed E-state index contributed by atoms with van der Waals surface area (Å²) in [5.41, 5.74) is -1.34.